The first-order valence-electron chi connectivity index (χ1n) is 10.1. The number of fused-ring (bicyclic) bond motifs is 1. The molecule has 7 nitrogen and oxygen atoms in total. The Morgan fingerprint density at radius 1 is 0.879 bits per heavy atom. The Morgan fingerprint density at radius 2 is 1.55 bits per heavy atom. The number of hydrogen-bond donors (Lipinski definition) is 2. The molecule has 3 aromatic carbocycles. The zero-order valence-corrected chi connectivity index (χ0v) is 17.4. The maximum Gasteiger partial charge on any atom is 0.290 e. The lowest BCUT2D eigenvalue weighted by Crippen LogP contribution is -2.42. The SMILES string of the molecule is O=C(/C=C/c1ccc(F)cc1)NNC(=O)c1nn(Cc2ccccc2)c(=O)c2ccccc12. The number of hydrazine groups is 1. The van der Waals surface area contributed by atoms with Gasteiger partial charge < -0.3 is 0 Å². The van der Waals surface area contributed by atoms with Crippen LogP contribution in [0.4, 0.5) is 4.39 Å². The molecule has 0 spiro atoms. The number of hydrogen-bond acceptors (Lipinski definition) is 4. The topological polar surface area (TPSA) is 93.1 Å². The van der Waals surface area contributed by atoms with Crippen molar-refractivity contribution in [2.45, 2.75) is 6.54 Å². The molecule has 0 saturated heterocycles. The summed E-state index contributed by atoms with van der Waals surface area (Å²) in [6.07, 6.45) is 2.68. The summed E-state index contributed by atoms with van der Waals surface area (Å²) in [6.45, 7) is 0.192. The average molecular weight is 442 g/mol. The lowest BCUT2D eigenvalue weighted by atomic mass is 10.1. The van der Waals surface area contributed by atoms with Gasteiger partial charge in [-0.05, 0) is 35.4 Å². The number of benzene rings is 3. The minimum Gasteiger partial charge on any atom is -0.268 e. The normalized spacial score (nSPS) is 10.9. The van der Waals surface area contributed by atoms with Gasteiger partial charge >= 0.3 is 0 Å². The zero-order valence-electron chi connectivity index (χ0n) is 17.4. The van der Waals surface area contributed by atoms with Crippen LogP contribution in [0.15, 0.2) is 89.7 Å². The molecule has 8 heteroatoms. The van der Waals surface area contributed by atoms with Gasteiger partial charge in [0, 0.05) is 11.5 Å². The number of carbonyl (C=O) groups excluding carboxylic acids is 2. The van der Waals surface area contributed by atoms with Crippen molar-refractivity contribution in [2.75, 3.05) is 0 Å². The van der Waals surface area contributed by atoms with E-state index in [0.717, 1.165) is 5.56 Å². The van der Waals surface area contributed by atoms with E-state index >= 15 is 0 Å². The van der Waals surface area contributed by atoms with Crippen LogP contribution < -0.4 is 16.4 Å². The van der Waals surface area contributed by atoms with Crippen molar-refractivity contribution >= 4 is 28.7 Å². The van der Waals surface area contributed by atoms with Crippen molar-refractivity contribution in [3.63, 3.8) is 0 Å². The number of carbonyl (C=O) groups is 2. The molecule has 0 aliphatic rings. The van der Waals surface area contributed by atoms with Crippen molar-refractivity contribution in [3.05, 3.63) is 118 Å². The maximum atomic E-state index is 13.0. The molecule has 0 bridgehead atoms. The first-order chi connectivity index (χ1) is 16.0. The summed E-state index contributed by atoms with van der Waals surface area (Å²) < 4.78 is 14.2. The molecule has 164 valence electrons. The first kappa shape index (κ1) is 21.6. The van der Waals surface area contributed by atoms with E-state index in [1.807, 2.05) is 30.3 Å². The van der Waals surface area contributed by atoms with Crippen LogP contribution in [0, 0.1) is 5.82 Å². The highest BCUT2D eigenvalue weighted by Gasteiger charge is 2.17. The fraction of sp³-hybridized carbons (Fsp3) is 0.0400. The summed E-state index contributed by atoms with van der Waals surface area (Å²) in [5.41, 5.74) is 5.76. The zero-order chi connectivity index (χ0) is 23.2. The molecule has 0 atom stereocenters. The quantitative estimate of drug-likeness (QED) is 0.367. The Labute approximate surface area is 188 Å². The van der Waals surface area contributed by atoms with E-state index in [0.29, 0.717) is 16.3 Å². The summed E-state index contributed by atoms with van der Waals surface area (Å²) in [4.78, 5) is 37.8. The van der Waals surface area contributed by atoms with Crippen LogP contribution in [0.2, 0.25) is 0 Å². The predicted molar refractivity (Wildman–Crippen MR) is 123 cm³/mol. The molecule has 0 saturated carbocycles. The van der Waals surface area contributed by atoms with Gasteiger partial charge in [-0.25, -0.2) is 9.07 Å². The van der Waals surface area contributed by atoms with Crippen LogP contribution in [-0.4, -0.2) is 21.6 Å². The molecule has 2 amide bonds. The highest BCUT2D eigenvalue weighted by atomic mass is 19.1. The van der Waals surface area contributed by atoms with E-state index in [-0.39, 0.29) is 23.6 Å². The van der Waals surface area contributed by atoms with Gasteiger partial charge in [0.25, 0.3) is 17.4 Å². The standard InChI is InChI=1S/C25H19FN4O3/c26-19-13-10-17(11-14-19)12-15-22(31)27-28-24(32)23-20-8-4-5-9-21(20)25(33)30(29-23)16-18-6-2-1-3-7-18/h1-15H,16H2,(H,27,31)(H,28,32)/b15-12+. The monoisotopic (exact) mass is 442 g/mol. The first-order valence-corrected chi connectivity index (χ1v) is 10.1. The van der Waals surface area contributed by atoms with Gasteiger partial charge in [-0.3, -0.25) is 25.2 Å². The fourth-order valence-corrected chi connectivity index (χ4v) is 3.23. The molecule has 0 radical (unpaired) electrons. The third-order valence-corrected chi connectivity index (χ3v) is 4.85. The highest BCUT2D eigenvalue weighted by molar-refractivity contribution is 6.05. The molecule has 2 N–H and O–H groups in total. The van der Waals surface area contributed by atoms with Crippen LogP contribution in [0.25, 0.3) is 16.8 Å². The minimum absolute atomic E-state index is 0.00365. The van der Waals surface area contributed by atoms with E-state index in [2.05, 4.69) is 16.0 Å². The average Bonchev–Trinajstić information content (AvgIpc) is 2.84. The highest BCUT2D eigenvalue weighted by Crippen LogP contribution is 2.14. The third kappa shape index (κ3) is 5.19. The van der Waals surface area contributed by atoms with Gasteiger partial charge in [0.05, 0.1) is 11.9 Å². The molecule has 0 unspecified atom stereocenters. The minimum atomic E-state index is -0.670. The Balaban J connectivity index is 1.54. The summed E-state index contributed by atoms with van der Waals surface area (Å²) in [5, 5.41) is 4.98. The second-order valence-electron chi connectivity index (χ2n) is 7.17. The Hall–Kier alpha value is -4.59. The molecule has 4 aromatic rings. The molecular weight excluding hydrogens is 423 g/mol. The fourth-order valence-electron chi connectivity index (χ4n) is 3.23. The van der Waals surface area contributed by atoms with Gasteiger partial charge in [0.15, 0.2) is 5.69 Å². The van der Waals surface area contributed by atoms with E-state index < -0.39 is 11.8 Å². The summed E-state index contributed by atoms with van der Waals surface area (Å²) in [5.74, 6) is -1.64. The predicted octanol–water partition coefficient (Wildman–Crippen LogP) is 3.06. The van der Waals surface area contributed by atoms with Gasteiger partial charge in [-0.15, -0.1) is 0 Å². The van der Waals surface area contributed by atoms with E-state index in [4.69, 9.17) is 0 Å². The number of amides is 2. The number of nitrogens with zero attached hydrogens (tertiary/aromatic N) is 2. The van der Waals surface area contributed by atoms with Crippen molar-refractivity contribution in [3.8, 4) is 0 Å². The molecule has 0 aliphatic heterocycles. The summed E-state index contributed by atoms with van der Waals surface area (Å²) in [7, 11) is 0. The van der Waals surface area contributed by atoms with Gasteiger partial charge in [0.2, 0.25) is 0 Å². The summed E-state index contributed by atoms with van der Waals surface area (Å²) >= 11 is 0. The molecule has 4 rings (SSSR count). The van der Waals surface area contributed by atoms with Crippen molar-refractivity contribution in [2.24, 2.45) is 0 Å². The molecule has 0 aliphatic carbocycles. The Bertz CT molecular complexity index is 1400. The van der Waals surface area contributed by atoms with Crippen molar-refractivity contribution in [1.29, 1.82) is 0 Å². The van der Waals surface area contributed by atoms with Crippen LogP contribution >= 0.6 is 0 Å². The second kappa shape index (κ2) is 9.69. The molecule has 1 heterocycles. The molecular formula is C25H19FN4O3. The van der Waals surface area contributed by atoms with E-state index in [1.54, 1.807) is 24.3 Å². The van der Waals surface area contributed by atoms with Crippen LogP contribution in [0.3, 0.4) is 0 Å². The lowest BCUT2D eigenvalue weighted by Gasteiger charge is -2.11. The van der Waals surface area contributed by atoms with Crippen LogP contribution in [-0.2, 0) is 11.3 Å². The van der Waals surface area contributed by atoms with Gasteiger partial charge in [0.1, 0.15) is 5.82 Å². The number of nitrogens with one attached hydrogen (secondary N) is 2. The number of halogens is 1. The van der Waals surface area contributed by atoms with Gasteiger partial charge in [-0.1, -0.05) is 60.7 Å². The summed E-state index contributed by atoms with van der Waals surface area (Å²) in [6, 6.07) is 21.5. The largest absolute Gasteiger partial charge is 0.290 e. The molecule has 1 aromatic heterocycles. The van der Waals surface area contributed by atoms with Crippen molar-refractivity contribution in [1.82, 2.24) is 20.6 Å². The van der Waals surface area contributed by atoms with Gasteiger partial charge in [-0.2, -0.15) is 5.10 Å². The Morgan fingerprint density at radius 3 is 2.27 bits per heavy atom. The van der Waals surface area contributed by atoms with Crippen molar-refractivity contribution < 1.29 is 14.0 Å². The van der Waals surface area contributed by atoms with E-state index in [1.165, 1.54) is 41.1 Å². The van der Waals surface area contributed by atoms with Crippen LogP contribution in [0.5, 0.6) is 0 Å². The lowest BCUT2D eigenvalue weighted by molar-refractivity contribution is -0.117. The van der Waals surface area contributed by atoms with E-state index in [9.17, 15) is 18.8 Å². The maximum absolute atomic E-state index is 13.0. The smallest absolute Gasteiger partial charge is 0.268 e. The van der Waals surface area contributed by atoms with Crippen LogP contribution in [0.1, 0.15) is 21.6 Å². The Kier molecular flexibility index (Phi) is 6.36. The number of rotatable bonds is 5. The second-order valence-corrected chi connectivity index (χ2v) is 7.17. The molecule has 33 heavy (non-hydrogen) atoms. The third-order valence-electron chi connectivity index (χ3n) is 4.85. The number of aromatic nitrogens is 2. The molecule has 0 fully saturated rings.